The Hall–Kier alpha value is -1.59. The molecule has 0 aliphatic carbocycles. The van der Waals surface area contributed by atoms with Crippen LogP contribution in [0.3, 0.4) is 0 Å². The van der Waals surface area contributed by atoms with Crippen molar-refractivity contribution in [2.45, 2.75) is 31.9 Å². The molecule has 3 fully saturated rings. The van der Waals surface area contributed by atoms with Crippen LogP contribution in [0.2, 0.25) is 0 Å². The van der Waals surface area contributed by atoms with Crippen molar-refractivity contribution < 1.29 is 14.3 Å². The zero-order chi connectivity index (χ0) is 17.2. The van der Waals surface area contributed by atoms with Crippen LogP contribution in [-0.4, -0.2) is 61.7 Å². The Labute approximate surface area is 149 Å². The average Bonchev–Trinajstić information content (AvgIpc) is 3.32. The normalized spacial score (nSPS) is 29.6. The highest BCUT2D eigenvalue weighted by molar-refractivity contribution is 5.80. The molecule has 3 aliphatic rings. The highest BCUT2D eigenvalue weighted by Crippen LogP contribution is 2.36. The zero-order valence-corrected chi connectivity index (χ0v) is 15.0. The molecule has 3 saturated heterocycles. The molecule has 0 radical (unpaired) electrons. The van der Waals surface area contributed by atoms with Crippen LogP contribution >= 0.6 is 0 Å². The minimum atomic E-state index is 0.0879. The van der Waals surface area contributed by atoms with Gasteiger partial charge in [-0.05, 0) is 37.0 Å². The molecule has 3 aliphatic heterocycles. The summed E-state index contributed by atoms with van der Waals surface area (Å²) < 4.78 is 11.3. The van der Waals surface area contributed by atoms with Crippen LogP contribution in [-0.2, 0) is 16.1 Å². The summed E-state index contributed by atoms with van der Waals surface area (Å²) in [5.74, 6) is 1.72. The second-order valence-electron chi connectivity index (χ2n) is 7.55. The van der Waals surface area contributed by atoms with Crippen LogP contribution < -0.4 is 4.74 Å². The van der Waals surface area contributed by atoms with E-state index in [2.05, 4.69) is 21.9 Å². The molecule has 136 valence electrons. The Kier molecular flexibility index (Phi) is 4.95. The van der Waals surface area contributed by atoms with Gasteiger partial charge in [0, 0.05) is 45.2 Å². The van der Waals surface area contributed by atoms with Gasteiger partial charge in [-0.15, -0.1) is 0 Å². The summed E-state index contributed by atoms with van der Waals surface area (Å²) in [6.45, 7) is 5.27. The standard InChI is InChI=1S/C20H28N2O3/c1-24-16-6-4-5-15(11-16)12-21-13-18(17-7-10-25-19(17)14-21)20(23)22-8-2-3-9-22/h4-6,11,17-19H,2-3,7-10,12-14H2,1H3/t17-,18+,19+/m1/s1. The highest BCUT2D eigenvalue weighted by Gasteiger charge is 2.45. The molecule has 0 unspecified atom stereocenters. The predicted molar refractivity (Wildman–Crippen MR) is 95.4 cm³/mol. The van der Waals surface area contributed by atoms with Crippen LogP contribution in [0.1, 0.15) is 24.8 Å². The van der Waals surface area contributed by atoms with Crippen molar-refractivity contribution in [3.05, 3.63) is 29.8 Å². The molecule has 4 rings (SSSR count). The molecule has 1 aromatic rings. The third kappa shape index (κ3) is 3.53. The van der Waals surface area contributed by atoms with E-state index in [1.165, 1.54) is 5.56 Å². The van der Waals surface area contributed by atoms with E-state index in [0.29, 0.717) is 11.8 Å². The van der Waals surface area contributed by atoms with Crippen LogP contribution in [0.15, 0.2) is 24.3 Å². The topological polar surface area (TPSA) is 42.0 Å². The number of likely N-dealkylation sites (tertiary alicyclic amines) is 2. The van der Waals surface area contributed by atoms with E-state index >= 15 is 0 Å². The summed E-state index contributed by atoms with van der Waals surface area (Å²) in [7, 11) is 1.70. The number of carbonyl (C=O) groups is 1. The minimum absolute atomic E-state index is 0.0879. The molecule has 3 heterocycles. The lowest BCUT2D eigenvalue weighted by atomic mass is 9.81. The van der Waals surface area contributed by atoms with Gasteiger partial charge in [0.05, 0.1) is 19.1 Å². The molecule has 0 aromatic heterocycles. The summed E-state index contributed by atoms with van der Waals surface area (Å²) in [6.07, 6.45) is 3.53. The van der Waals surface area contributed by atoms with Gasteiger partial charge in [-0.25, -0.2) is 0 Å². The number of hydrogen-bond acceptors (Lipinski definition) is 4. The van der Waals surface area contributed by atoms with Crippen LogP contribution in [0, 0.1) is 11.8 Å². The monoisotopic (exact) mass is 344 g/mol. The fourth-order valence-corrected chi connectivity index (χ4v) is 4.65. The van der Waals surface area contributed by atoms with Gasteiger partial charge < -0.3 is 14.4 Å². The first-order chi connectivity index (χ1) is 12.2. The van der Waals surface area contributed by atoms with E-state index in [0.717, 1.165) is 64.3 Å². The summed E-state index contributed by atoms with van der Waals surface area (Å²) in [4.78, 5) is 17.5. The van der Waals surface area contributed by atoms with Crippen LogP contribution in [0.25, 0.3) is 0 Å². The molecule has 5 nitrogen and oxygen atoms in total. The Morgan fingerprint density at radius 3 is 2.92 bits per heavy atom. The summed E-state index contributed by atoms with van der Waals surface area (Å²) >= 11 is 0. The maximum Gasteiger partial charge on any atom is 0.227 e. The Morgan fingerprint density at radius 2 is 2.12 bits per heavy atom. The number of hydrogen-bond donors (Lipinski definition) is 0. The molecule has 1 amide bonds. The summed E-state index contributed by atoms with van der Waals surface area (Å²) in [5, 5.41) is 0. The lowest BCUT2D eigenvalue weighted by Gasteiger charge is -2.40. The van der Waals surface area contributed by atoms with Gasteiger partial charge in [-0.1, -0.05) is 12.1 Å². The summed E-state index contributed by atoms with van der Waals surface area (Å²) in [6, 6.07) is 8.20. The van der Waals surface area contributed by atoms with Crippen molar-refractivity contribution in [1.29, 1.82) is 0 Å². The molecule has 0 bridgehead atoms. The van der Waals surface area contributed by atoms with Crippen molar-refractivity contribution in [2.75, 3.05) is 39.9 Å². The number of amides is 1. The van der Waals surface area contributed by atoms with Gasteiger partial charge in [-0.2, -0.15) is 0 Å². The zero-order valence-electron chi connectivity index (χ0n) is 15.0. The van der Waals surface area contributed by atoms with Gasteiger partial charge in [0.25, 0.3) is 0 Å². The van der Waals surface area contributed by atoms with E-state index in [-0.39, 0.29) is 12.0 Å². The van der Waals surface area contributed by atoms with Crippen molar-refractivity contribution >= 4 is 5.91 Å². The number of benzene rings is 1. The van der Waals surface area contributed by atoms with Gasteiger partial charge in [0.1, 0.15) is 5.75 Å². The third-order valence-electron chi connectivity index (χ3n) is 5.95. The van der Waals surface area contributed by atoms with Crippen molar-refractivity contribution in [2.24, 2.45) is 11.8 Å². The van der Waals surface area contributed by atoms with Crippen molar-refractivity contribution in [3.8, 4) is 5.75 Å². The van der Waals surface area contributed by atoms with E-state index < -0.39 is 0 Å². The first-order valence-corrected chi connectivity index (χ1v) is 9.50. The van der Waals surface area contributed by atoms with Gasteiger partial charge >= 0.3 is 0 Å². The fourth-order valence-electron chi connectivity index (χ4n) is 4.65. The Balaban J connectivity index is 1.48. The third-order valence-corrected chi connectivity index (χ3v) is 5.95. The molecule has 0 spiro atoms. The molecule has 0 N–H and O–H groups in total. The maximum atomic E-state index is 13.1. The number of fused-ring (bicyclic) bond motifs is 1. The molecular formula is C20H28N2O3. The van der Waals surface area contributed by atoms with E-state index in [9.17, 15) is 4.79 Å². The van der Waals surface area contributed by atoms with E-state index in [4.69, 9.17) is 9.47 Å². The van der Waals surface area contributed by atoms with Crippen molar-refractivity contribution in [3.63, 3.8) is 0 Å². The highest BCUT2D eigenvalue weighted by atomic mass is 16.5. The largest absolute Gasteiger partial charge is 0.497 e. The lowest BCUT2D eigenvalue weighted by Crippen LogP contribution is -2.52. The quantitative estimate of drug-likeness (QED) is 0.839. The van der Waals surface area contributed by atoms with Crippen LogP contribution in [0.5, 0.6) is 5.75 Å². The van der Waals surface area contributed by atoms with E-state index in [1.54, 1.807) is 7.11 Å². The van der Waals surface area contributed by atoms with E-state index in [1.807, 2.05) is 12.1 Å². The van der Waals surface area contributed by atoms with Crippen LogP contribution in [0.4, 0.5) is 0 Å². The average molecular weight is 344 g/mol. The van der Waals surface area contributed by atoms with Gasteiger partial charge in [0.2, 0.25) is 5.91 Å². The maximum absolute atomic E-state index is 13.1. The smallest absolute Gasteiger partial charge is 0.227 e. The first-order valence-electron chi connectivity index (χ1n) is 9.50. The number of methoxy groups -OCH3 is 1. The number of carbonyl (C=O) groups excluding carboxylic acids is 1. The molecule has 25 heavy (non-hydrogen) atoms. The number of nitrogens with zero attached hydrogens (tertiary/aromatic N) is 2. The fraction of sp³-hybridized carbons (Fsp3) is 0.650. The Morgan fingerprint density at radius 1 is 1.28 bits per heavy atom. The number of rotatable bonds is 4. The molecule has 3 atom stereocenters. The second kappa shape index (κ2) is 7.34. The van der Waals surface area contributed by atoms with Gasteiger partial charge in [-0.3, -0.25) is 9.69 Å². The lowest BCUT2D eigenvalue weighted by molar-refractivity contribution is -0.140. The van der Waals surface area contributed by atoms with Gasteiger partial charge in [0.15, 0.2) is 0 Å². The molecular weight excluding hydrogens is 316 g/mol. The van der Waals surface area contributed by atoms with Crippen molar-refractivity contribution in [1.82, 2.24) is 9.80 Å². The number of ether oxygens (including phenoxy) is 2. The Bertz CT molecular complexity index is 615. The number of piperidine rings is 1. The first kappa shape index (κ1) is 16.9. The minimum Gasteiger partial charge on any atom is -0.497 e. The summed E-state index contributed by atoms with van der Waals surface area (Å²) in [5.41, 5.74) is 1.23. The second-order valence-corrected chi connectivity index (χ2v) is 7.55. The molecule has 1 aromatic carbocycles. The predicted octanol–water partition coefficient (Wildman–Crippen LogP) is 2.15. The SMILES string of the molecule is COc1cccc(CN2C[C@@H]3OCC[C@@H]3[C@@H](C(=O)N3CCCC3)C2)c1. The molecule has 5 heteroatoms. The molecule has 0 saturated carbocycles.